The minimum atomic E-state index is 0.189. The highest BCUT2D eigenvalue weighted by Gasteiger charge is 1.93. The number of rotatable bonds is 7. The van der Waals surface area contributed by atoms with Crippen LogP contribution in [0.4, 0.5) is 0 Å². The highest BCUT2D eigenvalue weighted by atomic mass is 32.2. The van der Waals surface area contributed by atoms with E-state index in [0.717, 1.165) is 31.4 Å². The molecule has 0 aliphatic heterocycles. The fourth-order valence-electron chi connectivity index (χ4n) is 0.899. The summed E-state index contributed by atoms with van der Waals surface area (Å²) in [4.78, 5) is 13.2. The summed E-state index contributed by atoms with van der Waals surface area (Å²) in [5, 5.41) is 3.63. The lowest BCUT2D eigenvalue weighted by atomic mass is 10.2. The highest BCUT2D eigenvalue weighted by molar-refractivity contribution is 8.13. The summed E-state index contributed by atoms with van der Waals surface area (Å²) in [5.74, 6) is 0.914. The normalized spacial score (nSPS) is 9.31. The first-order chi connectivity index (χ1) is 6.27. The predicted octanol–water partition coefficient (Wildman–Crippen LogP) is 3.14. The number of carbonyl (C=O) groups excluding carboxylic acids is 1. The van der Waals surface area contributed by atoms with Crippen LogP contribution in [-0.4, -0.2) is 17.4 Å². The Morgan fingerprint density at radius 3 is 2.69 bits per heavy atom. The summed E-state index contributed by atoms with van der Waals surface area (Å²) in [5.41, 5.74) is 7.99. The molecule has 13 heavy (non-hydrogen) atoms. The smallest absolute Gasteiger partial charge is 0.185 e. The van der Waals surface area contributed by atoms with Crippen molar-refractivity contribution in [3.63, 3.8) is 0 Å². The van der Waals surface area contributed by atoms with E-state index in [0.29, 0.717) is 6.54 Å². The Kier molecular flexibility index (Phi) is 8.93. The van der Waals surface area contributed by atoms with Gasteiger partial charge in [0.1, 0.15) is 0 Å². The van der Waals surface area contributed by atoms with Gasteiger partial charge in [0.2, 0.25) is 0 Å². The van der Waals surface area contributed by atoms with Crippen LogP contribution in [0.1, 0.15) is 32.6 Å². The van der Waals surface area contributed by atoms with Crippen molar-refractivity contribution in [1.82, 2.24) is 0 Å². The van der Waals surface area contributed by atoms with Crippen LogP contribution in [0, 0.1) is 0 Å². The van der Waals surface area contributed by atoms with E-state index >= 15 is 0 Å². The van der Waals surface area contributed by atoms with E-state index in [2.05, 4.69) is 10.0 Å². The largest absolute Gasteiger partial charge is 0.288 e. The van der Waals surface area contributed by atoms with Gasteiger partial charge in [-0.25, -0.2) is 0 Å². The Morgan fingerprint density at radius 1 is 1.38 bits per heavy atom. The maximum absolute atomic E-state index is 10.5. The number of hydrogen-bond acceptors (Lipinski definition) is 3. The van der Waals surface area contributed by atoms with E-state index in [1.54, 1.807) is 6.92 Å². The lowest BCUT2D eigenvalue weighted by Gasteiger charge is -1.97. The molecule has 74 valence electrons. The second-order valence-electron chi connectivity index (χ2n) is 2.71. The zero-order chi connectivity index (χ0) is 9.94. The number of azide groups is 1. The van der Waals surface area contributed by atoms with Crippen LogP contribution in [0.2, 0.25) is 0 Å². The molecule has 0 bridgehead atoms. The number of nitrogens with zero attached hydrogens (tertiary/aromatic N) is 3. The molecule has 0 aromatic heterocycles. The van der Waals surface area contributed by atoms with Gasteiger partial charge < -0.3 is 0 Å². The van der Waals surface area contributed by atoms with Gasteiger partial charge in [-0.2, -0.15) is 0 Å². The first-order valence-electron chi connectivity index (χ1n) is 4.41. The second kappa shape index (κ2) is 9.42. The Bertz CT molecular complexity index is 184. The molecule has 0 saturated carbocycles. The minimum absolute atomic E-state index is 0.189. The Hall–Kier alpha value is -0.670. The van der Waals surface area contributed by atoms with E-state index in [9.17, 15) is 4.79 Å². The molecule has 0 rings (SSSR count). The molecule has 0 amide bonds. The monoisotopic (exact) mass is 201 g/mol. The lowest BCUT2D eigenvalue weighted by Crippen LogP contribution is -1.87. The quantitative estimate of drug-likeness (QED) is 0.275. The molecule has 4 nitrogen and oxygen atoms in total. The Morgan fingerprint density at radius 2 is 2.08 bits per heavy atom. The van der Waals surface area contributed by atoms with Crippen LogP contribution < -0.4 is 0 Å². The first kappa shape index (κ1) is 12.3. The average molecular weight is 201 g/mol. The van der Waals surface area contributed by atoms with Gasteiger partial charge in [-0.3, -0.25) is 4.79 Å². The summed E-state index contributed by atoms with van der Waals surface area (Å²) in [6.45, 7) is 2.18. The molecule has 0 aliphatic carbocycles. The van der Waals surface area contributed by atoms with Crippen LogP contribution in [0.3, 0.4) is 0 Å². The van der Waals surface area contributed by atoms with E-state index in [-0.39, 0.29) is 5.12 Å². The molecule has 0 unspecified atom stereocenters. The Labute approximate surface area is 82.7 Å². The van der Waals surface area contributed by atoms with Gasteiger partial charge in [0.25, 0.3) is 0 Å². The third-order valence-electron chi connectivity index (χ3n) is 1.52. The zero-order valence-electron chi connectivity index (χ0n) is 7.90. The van der Waals surface area contributed by atoms with Crippen molar-refractivity contribution in [1.29, 1.82) is 0 Å². The topological polar surface area (TPSA) is 65.8 Å². The summed E-state index contributed by atoms with van der Waals surface area (Å²) in [6.07, 6.45) is 4.22. The molecule has 0 atom stereocenters. The van der Waals surface area contributed by atoms with Crippen LogP contribution >= 0.6 is 11.8 Å². The summed E-state index contributed by atoms with van der Waals surface area (Å²) >= 11 is 1.38. The number of carbonyl (C=O) groups is 1. The van der Waals surface area contributed by atoms with Crippen molar-refractivity contribution < 1.29 is 4.79 Å². The molecule has 0 aliphatic rings. The standard InChI is InChI=1S/C8H15N3OS/c1-8(12)13-7-5-3-2-4-6-10-11-9/h2-7H2,1H3. The fourth-order valence-corrected chi connectivity index (χ4v) is 1.53. The summed E-state index contributed by atoms with van der Waals surface area (Å²) < 4.78 is 0. The van der Waals surface area contributed by atoms with Crippen LogP contribution in [0.25, 0.3) is 10.4 Å². The number of unbranched alkanes of at least 4 members (excludes halogenated alkanes) is 3. The Balaban J connectivity index is 2.99. The third-order valence-corrected chi connectivity index (χ3v) is 2.42. The average Bonchev–Trinajstić information content (AvgIpc) is 2.09. The van der Waals surface area contributed by atoms with Gasteiger partial charge in [-0.05, 0) is 18.4 Å². The maximum atomic E-state index is 10.5. The van der Waals surface area contributed by atoms with Crippen LogP contribution in [0.15, 0.2) is 5.11 Å². The minimum Gasteiger partial charge on any atom is -0.288 e. The molecule has 0 radical (unpaired) electrons. The maximum Gasteiger partial charge on any atom is 0.185 e. The van der Waals surface area contributed by atoms with E-state index in [1.165, 1.54) is 11.8 Å². The molecular formula is C8H15N3OS. The summed E-state index contributed by atoms with van der Waals surface area (Å²) in [6, 6.07) is 0. The van der Waals surface area contributed by atoms with Gasteiger partial charge in [-0.15, -0.1) is 0 Å². The number of thioether (sulfide) groups is 1. The molecule has 5 heteroatoms. The van der Waals surface area contributed by atoms with Gasteiger partial charge in [0.15, 0.2) is 5.12 Å². The predicted molar refractivity (Wildman–Crippen MR) is 55.6 cm³/mol. The second-order valence-corrected chi connectivity index (χ2v) is 3.98. The van der Waals surface area contributed by atoms with E-state index in [4.69, 9.17) is 5.53 Å². The van der Waals surface area contributed by atoms with Gasteiger partial charge >= 0.3 is 0 Å². The van der Waals surface area contributed by atoms with Crippen molar-refractivity contribution in [2.45, 2.75) is 32.6 Å². The first-order valence-corrected chi connectivity index (χ1v) is 5.40. The third kappa shape index (κ3) is 11.3. The van der Waals surface area contributed by atoms with Crippen molar-refractivity contribution in [2.75, 3.05) is 12.3 Å². The molecule has 0 N–H and O–H groups in total. The number of hydrogen-bond donors (Lipinski definition) is 0. The van der Waals surface area contributed by atoms with Crippen LogP contribution in [0.5, 0.6) is 0 Å². The zero-order valence-corrected chi connectivity index (χ0v) is 8.72. The molecule has 0 aromatic rings. The molecule has 0 spiro atoms. The van der Waals surface area contributed by atoms with E-state index < -0.39 is 0 Å². The van der Waals surface area contributed by atoms with Gasteiger partial charge in [-0.1, -0.05) is 29.7 Å². The summed E-state index contributed by atoms with van der Waals surface area (Å²) in [7, 11) is 0. The van der Waals surface area contributed by atoms with Crippen molar-refractivity contribution >= 4 is 16.9 Å². The van der Waals surface area contributed by atoms with Crippen molar-refractivity contribution in [2.24, 2.45) is 5.11 Å². The van der Waals surface area contributed by atoms with Crippen molar-refractivity contribution in [3.8, 4) is 0 Å². The fraction of sp³-hybridized carbons (Fsp3) is 0.875. The van der Waals surface area contributed by atoms with E-state index in [1.807, 2.05) is 0 Å². The molecule has 0 fully saturated rings. The molecular weight excluding hydrogens is 186 g/mol. The van der Waals surface area contributed by atoms with Crippen molar-refractivity contribution in [3.05, 3.63) is 10.4 Å². The highest BCUT2D eigenvalue weighted by Crippen LogP contribution is 2.08. The van der Waals surface area contributed by atoms with Gasteiger partial charge in [0.05, 0.1) is 0 Å². The molecule has 0 aromatic carbocycles. The van der Waals surface area contributed by atoms with Crippen LogP contribution in [-0.2, 0) is 4.79 Å². The lowest BCUT2D eigenvalue weighted by molar-refractivity contribution is -0.109. The van der Waals surface area contributed by atoms with Gasteiger partial charge in [0, 0.05) is 24.1 Å². The molecule has 0 saturated heterocycles. The SMILES string of the molecule is CC(=O)SCCCCCCN=[N+]=[N-]. The molecule has 0 heterocycles.